The van der Waals surface area contributed by atoms with E-state index in [1.165, 1.54) is 11.1 Å². The Bertz CT molecular complexity index is 1100. The van der Waals surface area contributed by atoms with Gasteiger partial charge in [-0.05, 0) is 55.4 Å². The van der Waals surface area contributed by atoms with Crippen LogP contribution in [0.25, 0.3) is 11.0 Å². The van der Waals surface area contributed by atoms with Gasteiger partial charge in [0.2, 0.25) is 0 Å². The largest absolute Gasteiger partial charge is 0.377 e. The van der Waals surface area contributed by atoms with E-state index < -0.39 is 0 Å². The Morgan fingerprint density at radius 2 is 1.89 bits per heavy atom. The normalized spacial score (nSPS) is 16.7. The minimum absolute atomic E-state index is 0.0226. The van der Waals surface area contributed by atoms with Crippen molar-refractivity contribution in [2.24, 2.45) is 7.05 Å². The summed E-state index contributed by atoms with van der Waals surface area (Å²) in [5, 5.41) is 3.89. The van der Waals surface area contributed by atoms with Gasteiger partial charge < -0.3 is 14.8 Å². The molecule has 1 amide bonds. The molecule has 1 aliphatic carbocycles. The first kappa shape index (κ1) is 17.3. The summed E-state index contributed by atoms with van der Waals surface area (Å²) in [6.07, 6.45) is 3.99. The lowest BCUT2D eigenvalue weighted by molar-refractivity contribution is 0.0826. The summed E-state index contributed by atoms with van der Waals surface area (Å²) in [7, 11) is 5.66. The molecule has 3 aromatic rings. The summed E-state index contributed by atoms with van der Waals surface area (Å²) in [5.74, 6) is 1.02. The molecule has 0 saturated heterocycles. The van der Waals surface area contributed by atoms with E-state index in [1.54, 1.807) is 4.90 Å². The van der Waals surface area contributed by atoms with Gasteiger partial charge in [-0.15, -0.1) is 0 Å². The number of aryl methyl sites for hydroxylation is 2. The zero-order valence-corrected chi connectivity index (χ0v) is 17.0. The van der Waals surface area contributed by atoms with Crippen molar-refractivity contribution in [2.45, 2.75) is 38.1 Å². The molecule has 2 heterocycles. The molecular weight excluding hydrogens is 348 g/mol. The fraction of sp³-hybridized carbons (Fsp3) is 0.391. The van der Waals surface area contributed by atoms with Crippen molar-refractivity contribution >= 4 is 22.6 Å². The molecule has 1 aliphatic heterocycles. The lowest BCUT2D eigenvalue weighted by Gasteiger charge is -2.38. The number of benzene rings is 2. The minimum atomic E-state index is 0.0226. The van der Waals surface area contributed by atoms with Gasteiger partial charge in [-0.3, -0.25) is 4.79 Å². The number of amides is 1. The van der Waals surface area contributed by atoms with Gasteiger partial charge in [-0.25, -0.2) is 4.98 Å². The van der Waals surface area contributed by atoms with Crippen molar-refractivity contribution in [2.75, 3.05) is 19.4 Å². The highest BCUT2D eigenvalue weighted by Crippen LogP contribution is 2.44. The molecule has 1 spiro atoms. The van der Waals surface area contributed by atoms with Gasteiger partial charge in [-0.2, -0.15) is 0 Å². The molecule has 5 nitrogen and oxygen atoms in total. The zero-order valence-electron chi connectivity index (χ0n) is 17.0. The van der Waals surface area contributed by atoms with E-state index in [2.05, 4.69) is 34.1 Å². The molecule has 0 unspecified atom stereocenters. The molecule has 1 N–H and O–H groups in total. The summed E-state index contributed by atoms with van der Waals surface area (Å²) in [6.45, 7) is 2.02. The molecule has 0 fully saturated rings. The molecule has 0 saturated carbocycles. The highest BCUT2D eigenvalue weighted by Gasteiger charge is 2.41. The van der Waals surface area contributed by atoms with Gasteiger partial charge in [0.1, 0.15) is 11.3 Å². The molecule has 2 aliphatic rings. The van der Waals surface area contributed by atoms with E-state index in [-0.39, 0.29) is 11.4 Å². The van der Waals surface area contributed by atoms with Crippen molar-refractivity contribution < 1.29 is 4.79 Å². The number of carbonyl (C=O) groups is 1. The smallest absolute Gasteiger partial charge is 0.253 e. The van der Waals surface area contributed by atoms with Crippen LogP contribution in [0, 0.1) is 6.92 Å². The minimum Gasteiger partial charge on any atom is -0.377 e. The van der Waals surface area contributed by atoms with Gasteiger partial charge in [0, 0.05) is 32.2 Å². The monoisotopic (exact) mass is 374 g/mol. The van der Waals surface area contributed by atoms with Crippen LogP contribution in [0.2, 0.25) is 0 Å². The number of hydrogen-bond donors (Lipinski definition) is 1. The van der Waals surface area contributed by atoms with E-state index >= 15 is 0 Å². The van der Waals surface area contributed by atoms with Gasteiger partial charge in [-0.1, -0.05) is 24.3 Å². The number of aromatic nitrogens is 2. The molecule has 0 bridgehead atoms. The van der Waals surface area contributed by atoms with Crippen LogP contribution in [0.5, 0.6) is 0 Å². The fourth-order valence-corrected chi connectivity index (χ4v) is 4.96. The number of imidazole rings is 1. The van der Waals surface area contributed by atoms with E-state index in [0.717, 1.165) is 59.4 Å². The topological polar surface area (TPSA) is 50.2 Å². The maximum atomic E-state index is 12.9. The second-order valence-electron chi connectivity index (χ2n) is 8.59. The van der Waals surface area contributed by atoms with Gasteiger partial charge in [0.15, 0.2) is 0 Å². The third kappa shape index (κ3) is 2.38. The Balaban J connectivity index is 1.68. The number of fused-ring (bicyclic) bond motifs is 4. The maximum absolute atomic E-state index is 12.9. The Kier molecular flexibility index (Phi) is 3.60. The number of rotatable bonds is 1. The molecule has 1 aromatic heterocycles. The van der Waals surface area contributed by atoms with E-state index in [4.69, 9.17) is 4.98 Å². The average Bonchev–Trinajstić information content (AvgIpc) is 3.17. The van der Waals surface area contributed by atoms with Crippen LogP contribution in [0.4, 0.5) is 5.69 Å². The van der Waals surface area contributed by atoms with Crippen LogP contribution >= 0.6 is 0 Å². The number of carbonyl (C=O) groups excluding carboxylic acids is 1. The van der Waals surface area contributed by atoms with E-state index in [1.807, 2.05) is 34.1 Å². The Morgan fingerprint density at radius 1 is 1.21 bits per heavy atom. The van der Waals surface area contributed by atoms with Crippen LogP contribution in [-0.2, 0) is 26.3 Å². The zero-order chi connectivity index (χ0) is 19.6. The number of nitrogens with zero attached hydrogens (tertiary/aromatic N) is 3. The van der Waals surface area contributed by atoms with Crippen molar-refractivity contribution in [1.82, 2.24) is 14.5 Å². The number of nitrogens with one attached hydrogen (secondary N) is 1. The van der Waals surface area contributed by atoms with Crippen molar-refractivity contribution in [1.29, 1.82) is 0 Å². The van der Waals surface area contributed by atoms with Crippen molar-refractivity contribution in [3.05, 3.63) is 58.4 Å². The van der Waals surface area contributed by atoms with Gasteiger partial charge in [0.05, 0.1) is 11.2 Å². The van der Waals surface area contributed by atoms with Crippen LogP contribution in [-0.4, -0.2) is 40.0 Å². The Hall–Kier alpha value is -2.82. The maximum Gasteiger partial charge on any atom is 0.253 e. The third-order valence-corrected chi connectivity index (χ3v) is 6.56. The van der Waals surface area contributed by atoms with Crippen molar-refractivity contribution in [3.63, 3.8) is 0 Å². The molecule has 0 atom stereocenters. The summed E-state index contributed by atoms with van der Waals surface area (Å²) in [5.41, 5.74) is 7.88. The first-order chi connectivity index (χ1) is 13.4. The highest BCUT2D eigenvalue weighted by molar-refractivity contribution is 6.04. The first-order valence-corrected chi connectivity index (χ1v) is 9.94. The Labute approximate surface area is 165 Å². The number of anilines is 1. The Morgan fingerprint density at radius 3 is 2.54 bits per heavy atom. The molecule has 28 heavy (non-hydrogen) atoms. The molecule has 5 rings (SSSR count). The predicted molar refractivity (Wildman–Crippen MR) is 112 cm³/mol. The second-order valence-corrected chi connectivity index (χ2v) is 8.59. The lowest BCUT2D eigenvalue weighted by Crippen LogP contribution is -2.43. The van der Waals surface area contributed by atoms with Gasteiger partial charge in [0.25, 0.3) is 5.91 Å². The molecule has 0 radical (unpaired) electrons. The third-order valence-electron chi connectivity index (χ3n) is 6.56. The predicted octanol–water partition coefficient (Wildman–Crippen LogP) is 3.48. The SMILES string of the molecule is Cc1nc2c3c(c(C(=O)N(C)C)cc2n1C)CCC1(Cc2ccccc2C1)N3. The van der Waals surface area contributed by atoms with Crippen molar-refractivity contribution in [3.8, 4) is 0 Å². The van der Waals surface area contributed by atoms with E-state index in [0.29, 0.717) is 0 Å². The van der Waals surface area contributed by atoms with E-state index in [9.17, 15) is 4.79 Å². The molecule has 5 heteroatoms. The second kappa shape index (κ2) is 5.84. The lowest BCUT2D eigenvalue weighted by atomic mass is 9.82. The van der Waals surface area contributed by atoms with Crippen LogP contribution in [0.15, 0.2) is 30.3 Å². The summed E-state index contributed by atoms with van der Waals surface area (Å²) in [6, 6.07) is 10.8. The van der Waals surface area contributed by atoms with Crippen LogP contribution in [0.1, 0.15) is 39.3 Å². The molecule has 144 valence electrons. The van der Waals surface area contributed by atoms with Crippen LogP contribution < -0.4 is 5.32 Å². The first-order valence-electron chi connectivity index (χ1n) is 9.94. The fourth-order valence-electron chi connectivity index (χ4n) is 4.96. The molecule has 2 aromatic carbocycles. The number of hydrogen-bond acceptors (Lipinski definition) is 3. The standard InChI is InChI=1S/C23H26N4O/c1-14-24-21-19(27(14)4)11-18(22(28)26(2)3)17-9-10-23(25-20(17)21)12-15-7-5-6-8-16(15)13-23/h5-8,11,25H,9-10,12-13H2,1-4H3. The average molecular weight is 374 g/mol. The quantitative estimate of drug-likeness (QED) is 0.709. The summed E-state index contributed by atoms with van der Waals surface area (Å²) >= 11 is 0. The molecular formula is C23H26N4O. The summed E-state index contributed by atoms with van der Waals surface area (Å²) < 4.78 is 2.08. The van der Waals surface area contributed by atoms with Crippen LogP contribution in [0.3, 0.4) is 0 Å². The summed E-state index contributed by atoms with van der Waals surface area (Å²) in [4.78, 5) is 19.5. The highest BCUT2D eigenvalue weighted by atomic mass is 16.2. The van der Waals surface area contributed by atoms with Gasteiger partial charge >= 0.3 is 0 Å².